The zero-order chi connectivity index (χ0) is 23.2. The van der Waals surface area contributed by atoms with Gasteiger partial charge in [0.1, 0.15) is 17.1 Å². The molecule has 2 rings (SSSR count). The maximum atomic E-state index is 12.6. The van der Waals surface area contributed by atoms with Crippen LogP contribution in [-0.2, 0) is 17.8 Å². The zero-order valence-electron chi connectivity index (χ0n) is 18.9. The van der Waals surface area contributed by atoms with Gasteiger partial charge in [-0.25, -0.2) is 4.79 Å². The standard InChI is InChI=1S/C23H31N3O5/c1-14-19(29-5)10-17(11-20(14)30-6)21(27)25-13-16-8-7-15(9-18(16)24)12-26-22(28)31-23(2,3)4/h7-11H,12-13,24H2,1-6H3,(H,25,27)(H,26,28). The highest BCUT2D eigenvalue weighted by Crippen LogP contribution is 2.29. The first-order valence-corrected chi connectivity index (χ1v) is 9.89. The molecule has 4 N–H and O–H groups in total. The van der Waals surface area contributed by atoms with Crippen molar-refractivity contribution in [3.63, 3.8) is 0 Å². The maximum Gasteiger partial charge on any atom is 0.407 e. The van der Waals surface area contributed by atoms with Gasteiger partial charge in [-0.15, -0.1) is 0 Å². The Morgan fingerprint density at radius 2 is 1.58 bits per heavy atom. The summed E-state index contributed by atoms with van der Waals surface area (Å²) < 4.78 is 15.9. The summed E-state index contributed by atoms with van der Waals surface area (Å²) in [5, 5.41) is 5.54. The second-order valence-electron chi connectivity index (χ2n) is 8.08. The van der Waals surface area contributed by atoms with Crippen molar-refractivity contribution < 1.29 is 23.8 Å². The number of benzene rings is 2. The molecule has 31 heavy (non-hydrogen) atoms. The number of carbonyl (C=O) groups is 2. The molecule has 2 amide bonds. The maximum absolute atomic E-state index is 12.6. The second-order valence-corrected chi connectivity index (χ2v) is 8.08. The van der Waals surface area contributed by atoms with Gasteiger partial charge in [0, 0.05) is 29.9 Å². The number of hydrogen-bond acceptors (Lipinski definition) is 6. The summed E-state index contributed by atoms with van der Waals surface area (Å²) in [5.74, 6) is 0.878. The first-order valence-electron chi connectivity index (χ1n) is 9.89. The minimum Gasteiger partial charge on any atom is -0.496 e. The smallest absolute Gasteiger partial charge is 0.407 e. The molecule has 0 aromatic heterocycles. The predicted octanol–water partition coefficient (Wildman–Crippen LogP) is 3.55. The Balaban J connectivity index is 2.00. The van der Waals surface area contributed by atoms with Gasteiger partial charge in [-0.2, -0.15) is 0 Å². The number of ether oxygens (including phenoxy) is 3. The van der Waals surface area contributed by atoms with Crippen molar-refractivity contribution in [1.29, 1.82) is 0 Å². The quantitative estimate of drug-likeness (QED) is 0.581. The highest BCUT2D eigenvalue weighted by molar-refractivity contribution is 5.95. The molecular weight excluding hydrogens is 398 g/mol. The summed E-state index contributed by atoms with van der Waals surface area (Å²) in [5.41, 5.74) is 8.93. The summed E-state index contributed by atoms with van der Waals surface area (Å²) >= 11 is 0. The summed E-state index contributed by atoms with van der Waals surface area (Å²) in [7, 11) is 3.09. The van der Waals surface area contributed by atoms with Gasteiger partial charge in [0.2, 0.25) is 0 Å². The molecule has 0 heterocycles. The molecule has 0 aliphatic rings. The summed E-state index contributed by atoms with van der Waals surface area (Å²) in [6.45, 7) is 7.81. The van der Waals surface area contributed by atoms with E-state index in [4.69, 9.17) is 19.9 Å². The van der Waals surface area contributed by atoms with Crippen LogP contribution < -0.4 is 25.8 Å². The van der Waals surface area contributed by atoms with Gasteiger partial charge in [0.25, 0.3) is 5.91 Å². The van der Waals surface area contributed by atoms with E-state index in [1.165, 1.54) is 0 Å². The molecule has 2 aromatic rings. The fraction of sp³-hybridized carbons (Fsp3) is 0.391. The van der Waals surface area contributed by atoms with E-state index in [2.05, 4.69) is 10.6 Å². The fourth-order valence-electron chi connectivity index (χ4n) is 2.90. The number of nitrogen functional groups attached to an aromatic ring is 1. The number of methoxy groups -OCH3 is 2. The van der Waals surface area contributed by atoms with E-state index in [1.54, 1.807) is 53.2 Å². The third-order valence-electron chi connectivity index (χ3n) is 4.50. The number of alkyl carbamates (subject to hydrolysis) is 1. The van der Waals surface area contributed by atoms with Crippen molar-refractivity contribution in [3.05, 3.63) is 52.6 Å². The Bertz CT molecular complexity index is 926. The van der Waals surface area contributed by atoms with Crippen LogP contribution in [0.4, 0.5) is 10.5 Å². The van der Waals surface area contributed by atoms with E-state index in [1.807, 2.05) is 19.1 Å². The molecule has 0 radical (unpaired) electrons. The molecular formula is C23H31N3O5. The van der Waals surface area contributed by atoms with Gasteiger partial charge in [0.15, 0.2) is 0 Å². The number of rotatable bonds is 7. The second kappa shape index (κ2) is 10.1. The lowest BCUT2D eigenvalue weighted by molar-refractivity contribution is 0.0523. The number of nitrogens with one attached hydrogen (secondary N) is 2. The third kappa shape index (κ3) is 6.80. The van der Waals surface area contributed by atoms with Crippen LogP contribution in [0.3, 0.4) is 0 Å². The molecule has 0 fully saturated rings. The van der Waals surface area contributed by atoms with E-state index in [0.29, 0.717) is 22.7 Å². The van der Waals surface area contributed by atoms with Crippen LogP contribution in [0, 0.1) is 6.92 Å². The molecule has 0 unspecified atom stereocenters. The van der Waals surface area contributed by atoms with Crippen LogP contribution in [0.25, 0.3) is 0 Å². The minimum absolute atomic E-state index is 0.253. The SMILES string of the molecule is COc1cc(C(=O)NCc2ccc(CNC(=O)OC(C)(C)C)cc2N)cc(OC)c1C. The lowest BCUT2D eigenvalue weighted by Crippen LogP contribution is -2.32. The molecule has 0 atom stereocenters. The number of hydrogen-bond donors (Lipinski definition) is 3. The van der Waals surface area contributed by atoms with E-state index in [-0.39, 0.29) is 19.0 Å². The highest BCUT2D eigenvalue weighted by Gasteiger charge is 2.16. The van der Waals surface area contributed by atoms with Crippen molar-refractivity contribution in [2.45, 2.75) is 46.4 Å². The molecule has 168 valence electrons. The van der Waals surface area contributed by atoms with Crippen molar-refractivity contribution >= 4 is 17.7 Å². The van der Waals surface area contributed by atoms with Gasteiger partial charge in [-0.1, -0.05) is 12.1 Å². The van der Waals surface area contributed by atoms with Crippen LogP contribution in [0.15, 0.2) is 30.3 Å². The topological polar surface area (TPSA) is 112 Å². The third-order valence-corrected chi connectivity index (χ3v) is 4.50. The summed E-state index contributed by atoms with van der Waals surface area (Å²) in [6, 6.07) is 8.76. The van der Waals surface area contributed by atoms with Crippen LogP contribution in [0.5, 0.6) is 11.5 Å². The molecule has 0 aliphatic heterocycles. The average molecular weight is 430 g/mol. The van der Waals surface area contributed by atoms with Crippen molar-refractivity contribution in [1.82, 2.24) is 10.6 Å². The fourth-order valence-corrected chi connectivity index (χ4v) is 2.90. The van der Waals surface area contributed by atoms with Crippen LogP contribution in [0.2, 0.25) is 0 Å². The van der Waals surface area contributed by atoms with Gasteiger partial charge in [-0.05, 0) is 57.0 Å². The molecule has 8 heteroatoms. The van der Waals surface area contributed by atoms with Crippen LogP contribution >= 0.6 is 0 Å². The van der Waals surface area contributed by atoms with E-state index < -0.39 is 11.7 Å². The Hall–Kier alpha value is -3.42. The van der Waals surface area contributed by atoms with Crippen LogP contribution in [-0.4, -0.2) is 31.8 Å². The number of anilines is 1. The van der Waals surface area contributed by atoms with E-state index in [0.717, 1.165) is 16.7 Å². The lowest BCUT2D eigenvalue weighted by atomic mass is 10.1. The first kappa shape index (κ1) is 23.9. The molecule has 8 nitrogen and oxygen atoms in total. The summed E-state index contributed by atoms with van der Waals surface area (Å²) in [6.07, 6.45) is -0.494. The molecule has 2 aromatic carbocycles. The average Bonchev–Trinajstić information content (AvgIpc) is 2.70. The molecule has 0 saturated heterocycles. The number of carbonyl (C=O) groups excluding carboxylic acids is 2. The predicted molar refractivity (Wildman–Crippen MR) is 119 cm³/mol. The Morgan fingerprint density at radius 3 is 2.10 bits per heavy atom. The number of nitrogens with two attached hydrogens (primary N) is 1. The minimum atomic E-state index is -0.559. The molecule has 0 aliphatic carbocycles. The van der Waals surface area contributed by atoms with Crippen LogP contribution in [0.1, 0.15) is 47.8 Å². The van der Waals surface area contributed by atoms with Crippen molar-refractivity contribution in [2.24, 2.45) is 0 Å². The van der Waals surface area contributed by atoms with Gasteiger partial charge < -0.3 is 30.6 Å². The van der Waals surface area contributed by atoms with E-state index in [9.17, 15) is 9.59 Å². The molecule has 0 saturated carbocycles. The van der Waals surface area contributed by atoms with E-state index >= 15 is 0 Å². The number of amides is 2. The van der Waals surface area contributed by atoms with Gasteiger partial charge in [0.05, 0.1) is 14.2 Å². The zero-order valence-corrected chi connectivity index (χ0v) is 18.9. The van der Waals surface area contributed by atoms with Gasteiger partial charge >= 0.3 is 6.09 Å². The Morgan fingerprint density at radius 1 is 0.968 bits per heavy atom. The normalized spacial score (nSPS) is 10.9. The van der Waals surface area contributed by atoms with Crippen molar-refractivity contribution in [2.75, 3.05) is 20.0 Å². The largest absolute Gasteiger partial charge is 0.496 e. The monoisotopic (exact) mass is 429 g/mol. The lowest BCUT2D eigenvalue weighted by Gasteiger charge is -2.19. The Kier molecular flexibility index (Phi) is 7.74. The highest BCUT2D eigenvalue weighted by atomic mass is 16.6. The summed E-state index contributed by atoms with van der Waals surface area (Å²) in [4.78, 5) is 24.4. The Labute approximate surface area is 183 Å². The molecule has 0 spiro atoms. The van der Waals surface area contributed by atoms with Crippen molar-refractivity contribution in [3.8, 4) is 11.5 Å². The first-order chi connectivity index (χ1) is 14.5. The molecule has 0 bridgehead atoms. The van der Waals surface area contributed by atoms with Gasteiger partial charge in [-0.3, -0.25) is 4.79 Å².